The number of anilines is 1. The van der Waals surface area contributed by atoms with E-state index in [1.807, 2.05) is 41.1 Å². The van der Waals surface area contributed by atoms with Gasteiger partial charge in [-0.25, -0.2) is 0 Å². The number of rotatable bonds is 4. The number of hydrogen-bond acceptors (Lipinski definition) is 5. The van der Waals surface area contributed by atoms with E-state index in [2.05, 4.69) is 10.5 Å². The molecule has 4 aromatic rings. The van der Waals surface area contributed by atoms with Crippen LogP contribution in [-0.2, 0) is 0 Å². The summed E-state index contributed by atoms with van der Waals surface area (Å²) in [6.07, 6.45) is 0. The number of nitrogens with one attached hydrogen (secondary N) is 1. The zero-order chi connectivity index (χ0) is 18.1. The van der Waals surface area contributed by atoms with Gasteiger partial charge in [-0.3, -0.25) is 14.9 Å². The van der Waals surface area contributed by atoms with Crippen LogP contribution in [0.1, 0.15) is 20.7 Å². The van der Waals surface area contributed by atoms with Gasteiger partial charge in [0, 0.05) is 16.5 Å². The van der Waals surface area contributed by atoms with Crippen molar-refractivity contribution in [1.29, 1.82) is 0 Å². The number of primary amides is 1. The molecule has 3 N–H and O–H groups in total. The number of nitrogens with two attached hydrogens (primary N) is 1. The summed E-state index contributed by atoms with van der Waals surface area (Å²) in [5.41, 5.74) is 6.98. The second-order valence-corrected chi connectivity index (χ2v) is 6.41. The first-order valence-corrected chi connectivity index (χ1v) is 8.70. The Labute approximate surface area is 152 Å². The number of aromatic nitrogens is 1. The van der Waals surface area contributed by atoms with Crippen molar-refractivity contribution in [3.8, 4) is 11.3 Å². The van der Waals surface area contributed by atoms with E-state index >= 15 is 0 Å². The number of nitrogens with zero attached hydrogens (tertiary/aromatic N) is 1. The largest absolute Gasteiger partial charge is 0.365 e. The summed E-state index contributed by atoms with van der Waals surface area (Å²) in [6.45, 7) is 0. The molecule has 2 amide bonds. The van der Waals surface area contributed by atoms with E-state index in [0.717, 1.165) is 10.8 Å². The Hall–Kier alpha value is -3.45. The number of hydrogen-bond donors (Lipinski definition) is 2. The molecule has 6 nitrogen and oxygen atoms in total. The number of carbonyl (C=O) groups is 2. The molecule has 0 aliphatic rings. The quantitative estimate of drug-likeness (QED) is 0.574. The van der Waals surface area contributed by atoms with Gasteiger partial charge in [-0.05, 0) is 34.4 Å². The van der Waals surface area contributed by atoms with Gasteiger partial charge in [0.2, 0.25) is 5.88 Å². The first-order valence-electron chi connectivity index (χ1n) is 7.75. The molecule has 0 unspecified atom stereocenters. The Kier molecular flexibility index (Phi) is 3.98. The summed E-state index contributed by atoms with van der Waals surface area (Å²) in [5, 5.41) is 12.1. The van der Waals surface area contributed by atoms with Gasteiger partial charge in [0.15, 0.2) is 0 Å². The van der Waals surface area contributed by atoms with Crippen molar-refractivity contribution in [3.63, 3.8) is 0 Å². The second-order valence-electron chi connectivity index (χ2n) is 5.63. The molecule has 0 radical (unpaired) electrons. The summed E-state index contributed by atoms with van der Waals surface area (Å²) in [4.78, 5) is 24.4. The van der Waals surface area contributed by atoms with Gasteiger partial charge in [0.25, 0.3) is 11.8 Å². The van der Waals surface area contributed by atoms with Crippen LogP contribution in [0.3, 0.4) is 0 Å². The minimum atomic E-state index is -0.721. The Morgan fingerprint density at radius 2 is 1.88 bits per heavy atom. The second kappa shape index (κ2) is 6.45. The summed E-state index contributed by atoms with van der Waals surface area (Å²) >= 11 is 1.45. The molecule has 0 aliphatic heterocycles. The minimum absolute atomic E-state index is 0.0533. The zero-order valence-corrected chi connectivity index (χ0v) is 14.2. The molecule has 2 aromatic heterocycles. The predicted octanol–water partition coefficient (Wildman–Crippen LogP) is 3.91. The Morgan fingerprint density at radius 3 is 2.62 bits per heavy atom. The fraction of sp³-hybridized carbons (Fsp3) is 0. The zero-order valence-electron chi connectivity index (χ0n) is 13.4. The van der Waals surface area contributed by atoms with Crippen LogP contribution in [0.15, 0.2) is 63.8 Å². The van der Waals surface area contributed by atoms with E-state index in [-0.39, 0.29) is 11.4 Å². The Bertz CT molecular complexity index is 1120. The lowest BCUT2D eigenvalue weighted by atomic mass is 10.1. The molecule has 0 spiro atoms. The van der Waals surface area contributed by atoms with Crippen LogP contribution in [0.4, 0.5) is 5.88 Å². The highest BCUT2D eigenvalue weighted by Gasteiger charge is 2.24. The first kappa shape index (κ1) is 16.0. The van der Waals surface area contributed by atoms with Crippen LogP contribution in [0.2, 0.25) is 0 Å². The van der Waals surface area contributed by atoms with Gasteiger partial charge in [-0.1, -0.05) is 35.5 Å². The van der Waals surface area contributed by atoms with E-state index in [0.29, 0.717) is 16.8 Å². The molecule has 4 rings (SSSR count). The molecule has 0 aliphatic carbocycles. The number of carbonyl (C=O) groups excluding carboxylic acids is 2. The summed E-state index contributed by atoms with van der Waals surface area (Å²) in [5.74, 6) is -1.19. The number of thiophene rings is 1. The Balaban J connectivity index is 1.68. The average Bonchev–Trinajstić information content (AvgIpc) is 3.30. The topological polar surface area (TPSA) is 98.2 Å². The van der Waals surface area contributed by atoms with Gasteiger partial charge >= 0.3 is 0 Å². The fourth-order valence-corrected chi connectivity index (χ4v) is 3.35. The minimum Gasteiger partial charge on any atom is -0.365 e. The van der Waals surface area contributed by atoms with E-state index in [9.17, 15) is 9.59 Å². The van der Waals surface area contributed by atoms with Crippen molar-refractivity contribution in [2.45, 2.75) is 0 Å². The molecular formula is C19H13N3O3S. The van der Waals surface area contributed by atoms with Crippen LogP contribution in [-0.4, -0.2) is 17.0 Å². The summed E-state index contributed by atoms with van der Waals surface area (Å²) < 4.78 is 5.18. The van der Waals surface area contributed by atoms with Crippen LogP contribution in [0.25, 0.3) is 22.0 Å². The average molecular weight is 363 g/mol. The maximum Gasteiger partial charge on any atom is 0.258 e. The maximum absolute atomic E-state index is 12.6. The van der Waals surface area contributed by atoms with Crippen molar-refractivity contribution in [2.24, 2.45) is 5.73 Å². The summed E-state index contributed by atoms with van der Waals surface area (Å²) in [6, 6.07) is 14.8. The lowest BCUT2D eigenvalue weighted by molar-refractivity contribution is 0.100. The third-order valence-corrected chi connectivity index (χ3v) is 4.66. The van der Waals surface area contributed by atoms with E-state index < -0.39 is 11.8 Å². The van der Waals surface area contributed by atoms with Gasteiger partial charge < -0.3 is 10.3 Å². The van der Waals surface area contributed by atoms with E-state index in [4.69, 9.17) is 10.3 Å². The molecule has 128 valence electrons. The lowest BCUT2D eigenvalue weighted by Gasteiger charge is -2.05. The van der Waals surface area contributed by atoms with Gasteiger partial charge in [-0.2, -0.15) is 11.3 Å². The fourth-order valence-electron chi connectivity index (χ4n) is 2.71. The lowest BCUT2D eigenvalue weighted by Crippen LogP contribution is -2.17. The third-order valence-electron chi connectivity index (χ3n) is 3.97. The number of benzene rings is 2. The monoisotopic (exact) mass is 363 g/mol. The van der Waals surface area contributed by atoms with Crippen molar-refractivity contribution in [3.05, 3.63) is 70.4 Å². The molecule has 0 saturated heterocycles. The van der Waals surface area contributed by atoms with Gasteiger partial charge in [0.1, 0.15) is 11.3 Å². The van der Waals surface area contributed by atoms with E-state index in [1.54, 1.807) is 18.2 Å². The molecule has 2 heterocycles. The molecule has 0 fully saturated rings. The molecule has 0 atom stereocenters. The standard InChI is InChI=1S/C19H13N3O3S/c20-17(23)15-16(14-7-8-26-10-14)22-25-19(15)21-18(24)13-6-5-11-3-1-2-4-12(11)9-13/h1-10H,(H2,20,23)(H,21,24). The molecule has 0 saturated carbocycles. The van der Waals surface area contributed by atoms with Crippen molar-refractivity contribution >= 4 is 39.8 Å². The molecular weight excluding hydrogens is 350 g/mol. The molecule has 2 aromatic carbocycles. The SMILES string of the molecule is NC(=O)c1c(-c2ccsc2)noc1NC(=O)c1ccc2ccccc2c1. The van der Waals surface area contributed by atoms with Gasteiger partial charge in [0.05, 0.1) is 0 Å². The number of amides is 2. The normalized spacial score (nSPS) is 10.8. The van der Waals surface area contributed by atoms with Gasteiger partial charge in [-0.15, -0.1) is 0 Å². The first-order chi connectivity index (χ1) is 12.6. The molecule has 0 bridgehead atoms. The molecule has 26 heavy (non-hydrogen) atoms. The van der Waals surface area contributed by atoms with Crippen LogP contribution < -0.4 is 11.1 Å². The van der Waals surface area contributed by atoms with Crippen LogP contribution in [0.5, 0.6) is 0 Å². The highest BCUT2D eigenvalue weighted by molar-refractivity contribution is 7.08. The highest BCUT2D eigenvalue weighted by atomic mass is 32.1. The van der Waals surface area contributed by atoms with Crippen molar-refractivity contribution < 1.29 is 14.1 Å². The number of fused-ring (bicyclic) bond motifs is 1. The third kappa shape index (κ3) is 2.84. The molecule has 7 heteroatoms. The van der Waals surface area contributed by atoms with Crippen LogP contribution >= 0.6 is 11.3 Å². The smallest absolute Gasteiger partial charge is 0.258 e. The summed E-state index contributed by atoms with van der Waals surface area (Å²) in [7, 11) is 0. The van der Waals surface area contributed by atoms with Crippen molar-refractivity contribution in [2.75, 3.05) is 5.32 Å². The highest BCUT2D eigenvalue weighted by Crippen LogP contribution is 2.30. The Morgan fingerprint density at radius 1 is 1.08 bits per heavy atom. The predicted molar refractivity (Wildman–Crippen MR) is 100 cm³/mol. The van der Waals surface area contributed by atoms with Crippen LogP contribution in [0, 0.1) is 0 Å². The van der Waals surface area contributed by atoms with Crippen molar-refractivity contribution in [1.82, 2.24) is 5.16 Å². The van der Waals surface area contributed by atoms with E-state index in [1.165, 1.54) is 11.3 Å². The maximum atomic E-state index is 12.6.